The van der Waals surface area contributed by atoms with E-state index in [1.807, 2.05) is 26.2 Å². The molecule has 1 unspecified atom stereocenters. The van der Waals surface area contributed by atoms with Crippen molar-refractivity contribution in [3.63, 3.8) is 0 Å². The molecule has 1 amide bonds. The van der Waals surface area contributed by atoms with Crippen LogP contribution in [0.4, 0.5) is 0 Å². The molecular weight excluding hydrogens is 278 g/mol. The van der Waals surface area contributed by atoms with Crippen LogP contribution in [-0.2, 0) is 0 Å². The average molecular weight is 297 g/mol. The Morgan fingerprint density at radius 3 is 3.00 bits per heavy atom. The summed E-state index contributed by atoms with van der Waals surface area (Å²) in [7, 11) is 0. The number of hydrogen-bond donors (Lipinski definition) is 2. The van der Waals surface area contributed by atoms with Gasteiger partial charge in [-0.1, -0.05) is 11.8 Å². The van der Waals surface area contributed by atoms with E-state index in [1.165, 1.54) is 11.3 Å². The number of aliphatic hydroxyl groups excluding tert-OH is 1. The molecule has 1 aromatic heterocycles. The molecule has 0 saturated heterocycles. The minimum atomic E-state index is -0.0372. The molecule has 0 aliphatic carbocycles. The van der Waals surface area contributed by atoms with E-state index in [2.05, 4.69) is 17.2 Å². The zero-order valence-corrected chi connectivity index (χ0v) is 13.1. The highest BCUT2D eigenvalue weighted by Crippen LogP contribution is 2.21. The lowest BCUT2D eigenvalue weighted by Crippen LogP contribution is -2.33. The maximum absolute atomic E-state index is 12.0. The summed E-state index contributed by atoms with van der Waals surface area (Å²) in [6.45, 7) is 4.01. The molecule has 0 bridgehead atoms. The number of carbonyl (C=O) groups excluding carboxylic acids is 1. The summed E-state index contributed by atoms with van der Waals surface area (Å²) in [5.74, 6) is 6.74. The molecule has 0 saturated carbocycles. The number of rotatable bonds is 5. The van der Waals surface area contributed by atoms with Gasteiger partial charge in [0.2, 0.25) is 0 Å². The summed E-state index contributed by atoms with van der Waals surface area (Å²) >= 11 is 3.12. The van der Waals surface area contributed by atoms with Crippen LogP contribution in [0.15, 0.2) is 6.07 Å². The minimum absolute atomic E-state index is 0.0372. The number of amides is 1. The van der Waals surface area contributed by atoms with E-state index in [9.17, 15) is 4.79 Å². The first kappa shape index (κ1) is 16.1. The Balaban J connectivity index is 2.72. The Morgan fingerprint density at radius 1 is 1.63 bits per heavy atom. The number of hydrogen-bond acceptors (Lipinski definition) is 4. The van der Waals surface area contributed by atoms with Crippen LogP contribution in [0.5, 0.6) is 0 Å². The zero-order valence-electron chi connectivity index (χ0n) is 11.4. The van der Waals surface area contributed by atoms with Crippen molar-refractivity contribution >= 4 is 29.0 Å². The van der Waals surface area contributed by atoms with Crippen molar-refractivity contribution in [1.29, 1.82) is 0 Å². The first-order valence-electron chi connectivity index (χ1n) is 6.08. The molecule has 0 fully saturated rings. The Bertz CT molecular complexity index is 485. The molecule has 0 aromatic carbocycles. The van der Waals surface area contributed by atoms with Crippen LogP contribution < -0.4 is 5.32 Å². The fourth-order valence-electron chi connectivity index (χ4n) is 1.50. The first-order chi connectivity index (χ1) is 9.08. The molecule has 19 heavy (non-hydrogen) atoms. The average Bonchev–Trinajstić information content (AvgIpc) is 2.72. The van der Waals surface area contributed by atoms with Gasteiger partial charge < -0.3 is 10.4 Å². The highest BCUT2D eigenvalue weighted by molar-refractivity contribution is 7.98. The quantitative estimate of drug-likeness (QED) is 0.820. The van der Waals surface area contributed by atoms with Crippen LogP contribution in [0.25, 0.3) is 0 Å². The van der Waals surface area contributed by atoms with Gasteiger partial charge in [-0.15, -0.1) is 11.3 Å². The molecule has 3 nitrogen and oxygen atoms in total. The number of aliphatic hydroxyl groups is 1. The van der Waals surface area contributed by atoms with Gasteiger partial charge in [0, 0.05) is 18.2 Å². The predicted molar refractivity (Wildman–Crippen MR) is 82.9 cm³/mol. The molecule has 5 heteroatoms. The van der Waals surface area contributed by atoms with Crippen molar-refractivity contribution in [2.24, 2.45) is 0 Å². The second-order valence-electron chi connectivity index (χ2n) is 4.23. The Labute approximate surface area is 122 Å². The summed E-state index contributed by atoms with van der Waals surface area (Å²) in [4.78, 5) is 13.6. The lowest BCUT2D eigenvalue weighted by Gasteiger charge is -2.10. The molecule has 104 valence electrons. The second kappa shape index (κ2) is 8.26. The van der Waals surface area contributed by atoms with Gasteiger partial charge >= 0.3 is 0 Å². The molecule has 1 aromatic rings. The SMILES string of the molecule is CSCC(C)NC(=O)c1cc(C)c(C#CCCO)s1. The maximum atomic E-state index is 12.0. The van der Waals surface area contributed by atoms with Crippen molar-refractivity contribution in [3.8, 4) is 11.8 Å². The molecular formula is C14H19NO2S2. The van der Waals surface area contributed by atoms with Gasteiger partial charge in [-0.2, -0.15) is 11.8 Å². The van der Waals surface area contributed by atoms with Gasteiger partial charge in [-0.3, -0.25) is 4.79 Å². The molecule has 0 aliphatic rings. The second-order valence-corrected chi connectivity index (χ2v) is 6.19. The van der Waals surface area contributed by atoms with Crippen LogP contribution in [0, 0.1) is 18.8 Å². The highest BCUT2D eigenvalue weighted by Gasteiger charge is 2.13. The predicted octanol–water partition coefficient (Wildman–Crippen LogP) is 2.27. The number of nitrogens with one attached hydrogen (secondary N) is 1. The third kappa shape index (κ3) is 5.27. The topological polar surface area (TPSA) is 49.3 Å². The molecule has 0 aliphatic heterocycles. The lowest BCUT2D eigenvalue weighted by molar-refractivity contribution is 0.0948. The fraction of sp³-hybridized carbons (Fsp3) is 0.500. The van der Waals surface area contributed by atoms with E-state index < -0.39 is 0 Å². The summed E-state index contributed by atoms with van der Waals surface area (Å²) in [6.07, 6.45) is 2.48. The van der Waals surface area contributed by atoms with Crippen molar-refractivity contribution in [1.82, 2.24) is 5.32 Å². The van der Waals surface area contributed by atoms with Crippen molar-refractivity contribution < 1.29 is 9.90 Å². The monoisotopic (exact) mass is 297 g/mol. The summed E-state index contributed by atoms with van der Waals surface area (Å²) in [6, 6.07) is 2.03. The van der Waals surface area contributed by atoms with Crippen LogP contribution in [-0.4, -0.2) is 35.7 Å². The van der Waals surface area contributed by atoms with Crippen LogP contribution in [0.1, 0.15) is 33.5 Å². The number of thiophene rings is 1. The Hall–Kier alpha value is -0.960. The lowest BCUT2D eigenvalue weighted by atomic mass is 10.2. The minimum Gasteiger partial charge on any atom is -0.395 e. The van der Waals surface area contributed by atoms with Gasteiger partial charge in [-0.05, 0) is 31.7 Å². The van der Waals surface area contributed by atoms with Crippen molar-refractivity contribution in [2.45, 2.75) is 26.3 Å². The van der Waals surface area contributed by atoms with E-state index in [0.29, 0.717) is 11.3 Å². The maximum Gasteiger partial charge on any atom is 0.261 e. The third-order valence-corrected chi connectivity index (χ3v) is 4.36. The largest absolute Gasteiger partial charge is 0.395 e. The normalized spacial score (nSPS) is 11.6. The number of carbonyl (C=O) groups is 1. The Kier molecular flexibility index (Phi) is 7.00. The van der Waals surface area contributed by atoms with E-state index in [4.69, 9.17) is 5.11 Å². The molecule has 1 rings (SSSR count). The van der Waals surface area contributed by atoms with Crippen LogP contribution in [0.3, 0.4) is 0 Å². The van der Waals surface area contributed by atoms with E-state index in [0.717, 1.165) is 16.2 Å². The Morgan fingerprint density at radius 2 is 2.37 bits per heavy atom. The van der Waals surface area contributed by atoms with Gasteiger partial charge in [0.15, 0.2) is 0 Å². The molecule has 2 N–H and O–H groups in total. The molecule has 0 radical (unpaired) electrons. The summed E-state index contributed by atoms with van der Waals surface area (Å²) in [5.41, 5.74) is 1.01. The number of aryl methyl sites for hydroxylation is 1. The summed E-state index contributed by atoms with van der Waals surface area (Å²) in [5, 5.41) is 11.7. The smallest absolute Gasteiger partial charge is 0.261 e. The van der Waals surface area contributed by atoms with Crippen molar-refractivity contribution in [2.75, 3.05) is 18.6 Å². The standard InChI is InChI=1S/C14H19NO2S2/c1-10-8-13(14(17)15-11(2)9-18-3)19-12(10)6-4-5-7-16/h8,11,16H,5,7,9H2,1-3H3,(H,15,17). The zero-order chi connectivity index (χ0) is 14.3. The van der Waals surface area contributed by atoms with Gasteiger partial charge in [-0.25, -0.2) is 0 Å². The van der Waals surface area contributed by atoms with Gasteiger partial charge in [0.25, 0.3) is 5.91 Å². The van der Waals surface area contributed by atoms with E-state index in [1.54, 1.807) is 11.8 Å². The third-order valence-electron chi connectivity index (χ3n) is 2.37. The molecule has 1 atom stereocenters. The molecule has 1 heterocycles. The summed E-state index contributed by atoms with van der Waals surface area (Å²) < 4.78 is 0. The van der Waals surface area contributed by atoms with Crippen LogP contribution >= 0.6 is 23.1 Å². The van der Waals surface area contributed by atoms with Crippen molar-refractivity contribution in [3.05, 3.63) is 21.4 Å². The molecule has 0 spiro atoms. The first-order valence-corrected chi connectivity index (χ1v) is 8.29. The number of thioether (sulfide) groups is 1. The highest BCUT2D eigenvalue weighted by atomic mass is 32.2. The van der Waals surface area contributed by atoms with E-state index >= 15 is 0 Å². The fourth-order valence-corrected chi connectivity index (χ4v) is 3.04. The van der Waals surface area contributed by atoms with Gasteiger partial charge in [0.1, 0.15) is 0 Å². The van der Waals surface area contributed by atoms with E-state index in [-0.39, 0.29) is 18.6 Å². The van der Waals surface area contributed by atoms with Gasteiger partial charge in [0.05, 0.1) is 16.4 Å². The van der Waals surface area contributed by atoms with Crippen LogP contribution in [0.2, 0.25) is 0 Å².